The number of halogens is 1. The molecule has 20 heavy (non-hydrogen) atoms. The van der Waals surface area contributed by atoms with E-state index in [0.29, 0.717) is 18.2 Å². The Labute approximate surface area is 124 Å². The van der Waals surface area contributed by atoms with E-state index < -0.39 is 0 Å². The summed E-state index contributed by atoms with van der Waals surface area (Å²) in [6, 6.07) is 7.35. The third-order valence-electron chi connectivity index (χ3n) is 3.07. The maximum absolute atomic E-state index is 5.81. The molecule has 1 aromatic carbocycles. The molecule has 0 aliphatic carbocycles. The van der Waals surface area contributed by atoms with E-state index in [2.05, 4.69) is 5.10 Å². The van der Waals surface area contributed by atoms with Crippen LogP contribution >= 0.6 is 11.6 Å². The summed E-state index contributed by atoms with van der Waals surface area (Å²) in [5.74, 6) is 1.65. The first-order valence-corrected chi connectivity index (χ1v) is 6.97. The molecule has 0 N–H and O–H groups in total. The second-order valence-corrected chi connectivity index (χ2v) is 5.08. The Hall–Kier alpha value is -1.68. The fourth-order valence-electron chi connectivity index (χ4n) is 1.89. The molecule has 0 fully saturated rings. The number of hydrogen-bond donors (Lipinski definition) is 0. The summed E-state index contributed by atoms with van der Waals surface area (Å²) >= 11 is 5.81. The molecule has 2 rings (SSSR count). The summed E-state index contributed by atoms with van der Waals surface area (Å²) in [4.78, 5) is 0. The number of ether oxygens (including phenoxy) is 2. The van der Waals surface area contributed by atoms with Gasteiger partial charge in [-0.3, -0.25) is 0 Å². The highest BCUT2D eigenvalue weighted by Crippen LogP contribution is 2.20. The average Bonchev–Trinajstić information content (AvgIpc) is 2.66. The van der Waals surface area contributed by atoms with Crippen LogP contribution in [0.3, 0.4) is 0 Å². The molecule has 1 heterocycles. The van der Waals surface area contributed by atoms with Crippen molar-refractivity contribution in [3.8, 4) is 11.6 Å². The van der Waals surface area contributed by atoms with Crippen molar-refractivity contribution < 1.29 is 9.47 Å². The molecule has 0 saturated carbocycles. The fourth-order valence-corrected chi connectivity index (χ4v) is 2.02. The van der Waals surface area contributed by atoms with Gasteiger partial charge in [0.15, 0.2) is 0 Å². The van der Waals surface area contributed by atoms with Crippen molar-refractivity contribution in [1.82, 2.24) is 9.78 Å². The van der Waals surface area contributed by atoms with Crippen LogP contribution in [0.1, 0.15) is 17.7 Å². The molecule has 5 heteroatoms. The zero-order valence-electron chi connectivity index (χ0n) is 12.0. The lowest BCUT2D eigenvalue weighted by Gasteiger charge is -2.09. The lowest BCUT2D eigenvalue weighted by atomic mass is 10.3. The van der Waals surface area contributed by atoms with E-state index in [4.69, 9.17) is 21.1 Å². The zero-order valence-corrected chi connectivity index (χ0v) is 12.8. The van der Waals surface area contributed by atoms with Gasteiger partial charge < -0.3 is 9.47 Å². The molecule has 4 nitrogen and oxygen atoms in total. The van der Waals surface area contributed by atoms with Gasteiger partial charge >= 0.3 is 0 Å². The zero-order chi connectivity index (χ0) is 14.5. The standard InChI is InChI=1S/C15H19ClN2O2/c1-11-12(2)17-18(3)15(11)20-10-4-9-19-14-7-5-13(16)6-8-14/h5-8H,4,9-10H2,1-3H3. The molecule has 0 saturated heterocycles. The Morgan fingerprint density at radius 3 is 2.35 bits per heavy atom. The maximum Gasteiger partial charge on any atom is 0.214 e. The third-order valence-corrected chi connectivity index (χ3v) is 3.32. The van der Waals surface area contributed by atoms with Crippen molar-refractivity contribution in [2.75, 3.05) is 13.2 Å². The van der Waals surface area contributed by atoms with Gasteiger partial charge in [-0.1, -0.05) is 11.6 Å². The predicted octanol–water partition coefficient (Wildman–Crippen LogP) is 3.54. The van der Waals surface area contributed by atoms with Crippen LogP contribution in [0.5, 0.6) is 11.6 Å². The van der Waals surface area contributed by atoms with Gasteiger partial charge in [0, 0.05) is 24.1 Å². The summed E-state index contributed by atoms with van der Waals surface area (Å²) in [6.45, 7) is 5.21. The smallest absolute Gasteiger partial charge is 0.214 e. The second kappa shape index (κ2) is 6.66. The number of rotatable bonds is 6. The van der Waals surface area contributed by atoms with E-state index in [1.165, 1.54) is 0 Å². The summed E-state index contributed by atoms with van der Waals surface area (Å²) in [7, 11) is 1.89. The Morgan fingerprint density at radius 1 is 1.10 bits per heavy atom. The van der Waals surface area contributed by atoms with E-state index in [-0.39, 0.29) is 0 Å². The monoisotopic (exact) mass is 294 g/mol. The maximum atomic E-state index is 5.81. The number of aromatic nitrogens is 2. The van der Waals surface area contributed by atoms with Crippen LogP contribution in [0.25, 0.3) is 0 Å². The summed E-state index contributed by atoms with van der Waals surface area (Å²) in [5, 5.41) is 5.02. The SMILES string of the molecule is Cc1nn(C)c(OCCCOc2ccc(Cl)cc2)c1C. The first-order chi connectivity index (χ1) is 9.58. The summed E-state index contributed by atoms with van der Waals surface area (Å²) < 4.78 is 13.1. The molecule has 0 radical (unpaired) electrons. The first kappa shape index (κ1) is 14.7. The van der Waals surface area contributed by atoms with Crippen molar-refractivity contribution in [1.29, 1.82) is 0 Å². The van der Waals surface area contributed by atoms with E-state index in [0.717, 1.165) is 29.3 Å². The summed E-state index contributed by atoms with van der Waals surface area (Å²) in [5.41, 5.74) is 2.09. The lowest BCUT2D eigenvalue weighted by Crippen LogP contribution is -2.07. The molecule has 0 aliphatic rings. The quantitative estimate of drug-likeness (QED) is 0.765. The van der Waals surface area contributed by atoms with Gasteiger partial charge in [-0.05, 0) is 38.1 Å². The molecule has 1 aromatic heterocycles. The fraction of sp³-hybridized carbons (Fsp3) is 0.400. The van der Waals surface area contributed by atoms with Gasteiger partial charge in [0.2, 0.25) is 5.88 Å². The van der Waals surface area contributed by atoms with Gasteiger partial charge in [-0.25, -0.2) is 4.68 Å². The van der Waals surface area contributed by atoms with Gasteiger partial charge in [0.1, 0.15) is 5.75 Å². The molecule has 108 valence electrons. The number of hydrogen-bond acceptors (Lipinski definition) is 3. The van der Waals surface area contributed by atoms with Gasteiger partial charge in [-0.15, -0.1) is 0 Å². The van der Waals surface area contributed by atoms with Crippen molar-refractivity contribution in [3.05, 3.63) is 40.5 Å². The van der Waals surface area contributed by atoms with E-state index in [1.54, 1.807) is 4.68 Å². The van der Waals surface area contributed by atoms with Gasteiger partial charge in [0.05, 0.1) is 18.9 Å². The topological polar surface area (TPSA) is 36.3 Å². The average molecular weight is 295 g/mol. The Balaban J connectivity index is 1.73. The molecular formula is C15H19ClN2O2. The van der Waals surface area contributed by atoms with Crippen molar-refractivity contribution in [3.63, 3.8) is 0 Å². The largest absolute Gasteiger partial charge is 0.493 e. The minimum absolute atomic E-state index is 0.605. The highest BCUT2D eigenvalue weighted by Gasteiger charge is 2.09. The normalized spacial score (nSPS) is 10.6. The predicted molar refractivity (Wildman–Crippen MR) is 79.7 cm³/mol. The molecule has 0 unspecified atom stereocenters. The number of aryl methyl sites for hydroxylation is 2. The van der Waals surface area contributed by atoms with Crippen molar-refractivity contribution in [2.45, 2.75) is 20.3 Å². The van der Waals surface area contributed by atoms with Gasteiger partial charge in [-0.2, -0.15) is 5.10 Å². The van der Waals surface area contributed by atoms with Crippen LogP contribution in [-0.4, -0.2) is 23.0 Å². The number of nitrogens with zero attached hydrogens (tertiary/aromatic N) is 2. The minimum atomic E-state index is 0.605. The van der Waals surface area contributed by atoms with Crippen LogP contribution in [-0.2, 0) is 7.05 Å². The van der Waals surface area contributed by atoms with Crippen LogP contribution in [0.15, 0.2) is 24.3 Å². The van der Waals surface area contributed by atoms with Crippen LogP contribution in [0.2, 0.25) is 5.02 Å². The third kappa shape index (κ3) is 3.67. The number of benzene rings is 1. The summed E-state index contributed by atoms with van der Waals surface area (Å²) in [6.07, 6.45) is 0.812. The molecule has 0 spiro atoms. The van der Waals surface area contributed by atoms with Crippen LogP contribution < -0.4 is 9.47 Å². The molecule has 0 bridgehead atoms. The molecule has 0 atom stereocenters. The highest BCUT2D eigenvalue weighted by atomic mass is 35.5. The van der Waals surface area contributed by atoms with Crippen LogP contribution in [0.4, 0.5) is 0 Å². The van der Waals surface area contributed by atoms with E-state index in [9.17, 15) is 0 Å². The van der Waals surface area contributed by atoms with Crippen molar-refractivity contribution >= 4 is 11.6 Å². The van der Waals surface area contributed by atoms with E-state index in [1.807, 2.05) is 45.2 Å². The molecule has 0 amide bonds. The van der Waals surface area contributed by atoms with Gasteiger partial charge in [0.25, 0.3) is 0 Å². The molecular weight excluding hydrogens is 276 g/mol. The lowest BCUT2D eigenvalue weighted by molar-refractivity contribution is 0.235. The first-order valence-electron chi connectivity index (χ1n) is 6.59. The van der Waals surface area contributed by atoms with Crippen LogP contribution in [0, 0.1) is 13.8 Å². The van der Waals surface area contributed by atoms with E-state index >= 15 is 0 Å². The Bertz CT molecular complexity index is 564. The molecule has 0 aliphatic heterocycles. The Kier molecular flexibility index (Phi) is 4.90. The Morgan fingerprint density at radius 2 is 1.75 bits per heavy atom. The molecule has 2 aromatic rings. The second-order valence-electron chi connectivity index (χ2n) is 4.64. The van der Waals surface area contributed by atoms with Crippen molar-refractivity contribution in [2.24, 2.45) is 7.05 Å². The highest BCUT2D eigenvalue weighted by molar-refractivity contribution is 6.30. The minimum Gasteiger partial charge on any atom is -0.493 e.